The third-order valence-electron chi connectivity index (χ3n) is 3.51. The van der Waals surface area contributed by atoms with Crippen molar-refractivity contribution in [3.05, 3.63) is 46.2 Å². The van der Waals surface area contributed by atoms with Gasteiger partial charge in [0.25, 0.3) is 0 Å². The van der Waals surface area contributed by atoms with Crippen molar-refractivity contribution in [2.24, 2.45) is 0 Å². The largest absolute Gasteiger partial charge is 0.507 e. The first-order chi connectivity index (χ1) is 9.85. The summed E-state index contributed by atoms with van der Waals surface area (Å²) in [5.74, 6) is 0.284. The molecule has 2 atom stereocenters. The molecule has 0 aliphatic rings. The van der Waals surface area contributed by atoms with Crippen molar-refractivity contribution >= 4 is 0 Å². The minimum absolute atomic E-state index is 0.284. The van der Waals surface area contributed by atoms with E-state index in [1.165, 1.54) is 0 Å². The molecule has 0 aliphatic carbocycles. The number of hydrogen-bond donors (Lipinski definition) is 3. The Morgan fingerprint density at radius 2 is 1.81 bits per heavy atom. The summed E-state index contributed by atoms with van der Waals surface area (Å²) in [6, 6.07) is 3.61. The van der Waals surface area contributed by atoms with Crippen LogP contribution in [0.15, 0.2) is 29.5 Å². The van der Waals surface area contributed by atoms with Gasteiger partial charge in [-0.25, -0.2) is 0 Å². The number of rotatable bonds is 6. The molecule has 21 heavy (non-hydrogen) atoms. The molecule has 0 spiro atoms. The molecule has 0 aromatic heterocycles. The molecule has 3 nitrogen and oxygen atoms in total. The van der Waals surface area contributed by atoms with Crippen molar-refractivity contribution in [3.63, 3.8) is 0 Å². The molecule has 0 amide bonds. The average molecular weight is 290 g/mol. The second-order valence-corrected chi connectivity index (χ2v) is 5.61. The smallest absolute Gasteiger partial charge is 0.121 e. The summed E-state index contributed by atoms with van der Waals surface area (Å²) in [6.45, 7) is 7.44. The Balaban J connectivity index is 2.82. The van der Waals surface area contributed by atoms with Gasteiger partial charge in [-0.05, 0) is 67.7 Å². The zero-order chi connectivity index (χ0) is 16.0. The lowest BCUT2D eigenvalue weighted by Gasteiger charge is -2.12. The molecule has 3 heteroatoms. The third kappa shape index (κ3) is 5.39. The van der Waals surface area contributed by atoms with Crippen LogP contribution in [0.4, 0.5) is 0 Å². The van der Waals surface area contributed by atoms with Crippen LogP contribution in [0.5, 0.6) is 5.75 Å². The Morgan fingerprint density at radius 3 is 2.29 bits per heavy atom. The lowest BCUT2D eigenvalue weighted by molar-refractivity contribution is 0.181. The maximum Gasteiger partial charge on any atom is 0.121 e. The maximum atomic E-state index is 10.2. The van der Waals surface area contributed by atoms with Gasteiger partial charge in [-0.15, -0.1) is 5.73 Å². The molecule has 0 aliphatic heterocycles. The molecule has 0 heterocycles. The molecule has 0 bridgehead atoms. The normalized spacial score (nSPS) is 13.4. The van der Waals surface area contributed by atoms with Crippen molar-refractivity contribution in [2.75, 3.05) is 0 Å². The highest BCUT2D eigenvalue weighted by atomic mass is 16.3. The second kappa shape index (κ2) is 8.04. The van der Waals surface area contributed by atoms with Gasteiger partial charge in [0.05, 0.1) is 12.2 Å². The number of phenols is 1. The second-order valence-electron chi connectivity index (χ2n) is 5.61. The molecule has 1 aromatic rings. The van der Waals surface area contributed by atoms with Crippen LogP contribution in [0, 0.1) is 13.8 Å². The van der Waals surface area contributed by atoms with Gasteiger partial charge in [-0.1, -0.05) is 6.92 Å². The summed E-state index contributed by atoms with van der Waals surface area (Å²) in [6.07, 6.45) is 2.76. The highest BCUT2D eigenvalue weighted by Gasteiger charge is 2.10. The van der Waals surface area contributed by atoms with Crippen LogP contribution in [0.25, 0.3) is 0 Å². The molecule has 116 valence electrons. The predicted molar refractivity (Wildman–Crippen MR) is 85.3 cm³/mol. The Hall–Kier alpha value is -1.54. The standard InChI is InChI=1S/C18H26O3/c1-5-15(11-14(4)19)7-6-8-17(20)16-9-12(2)18(21)13(3)10-16/h6,9-10,14,17,19-21H,5,8,11H2,1-4H3/t7?,14-,17+/m0/s1. The van der Waals surface area contributed by atoms with Crippen LogP contribution >= 0.6 is 0 Å². The van der Waals surface area contributed by atoms with E-state index in [1.807, 2.05) is 26.8 Å². The molecule has 3 N–H and O–H groups in total. The van der Waals surface area contributed by atoms with Gasteiger partial charge in [0.15, 0.2) is 0 Å². The number of aromatic hydroxyl groups is 1. The van der Waals surface area contributed by atoms with E-state index in [0.29, 0.717) is 12.8 Å². The van der Waals surface area contributed by atoms with Crippen LogP contribution < -0.4 is 0 Å². The first kappa shape index (κ1) is 17.5. The van der Waals surface area contributed by atoms with Crippen molar-refractivity contribution in [2.45, 2.75) is 59.2 Å². The quantitative estimate of drug-likeness (QED) is 0.700. The summed E-state index contributed by atoms with van der Waals surface area (Å²) in [5.41, 5.74) is 6.56. The lowest BCUT2D eigenvalue weighted by atomic mass is 10.00. The number of aliphatic hydroxyl groups is 2. The van der Waals surface area contributed by atoms with Gasteiger partial charge in [0, 0.05) is 12.8 Å². The highest BCUT2D eigenvalue weighted by molar-refractivity contribution is 5.42. The molecule has 0 unspecified atom stereocenters. The van der Waals surface area contributed by atoms with E-state index in [2.05, 4.69) is 5.73 Å². The fourth-order valence-corrected chi connectivity index (χ4v) is 2.29. The van der Waals surface area contributed by atoms with Crippen molar-refractivity contribution in [1.82, 2.24) is 0 Å². The van der Waals surface area contributed by atoms with E-state index in [4.69, 9.17) is 0 Å². The zero-order valence-electron chi connectivity index (χ0n) is 13.3. The van der Waals surface area contributed by atoms with E-state index in [1.54, 1.807) is 19.1 Å². The molecule has 0 saturated heterocycles. The minimum atomic E-state index is -0.611. The fourth-order valence-electron chi connectivity index (χ4n) is 2.29. The van der Waals surface area contributed by atoms with Gasteiger partial charge in [0.2, 0.25) is 0 Å². The first-order valence-electron chi connectivity index (χ1n) is 7.44. The van der Waals surface area contributed by atoms with E-state index in [0.717, 1.165) is 28.7 Å². The summed E-state index contributed by atoms with van der Waals surface area (Å²) >= 11 is 0. The number of aliphatic hydroxyl groups excluding tert-OH is 2. The lowest BCUT2D eigenvalue weighted by Crippen LogP contribution is -2.00. The summed E-state index contributed by atoms with van der Waals surface area (Å²) < 4.78 is 0. The molecule has 0 saturated carbocycles. The van der Waals surface area contributed by atoms with E-state index < -0.39 is 6.10 Å². The summed E-state index contributed by atoms with van der Waals surface area (Å²) in [5, 5.41) is 29.3. The molecular weight excluding hydrogens is 264 g/mol. The van der Waals surface area contributed by atoms with Gasteiger partial charge < -0.3 is 15.3 Å². The number of aryl methyl sites for hydroxylation is 2. The summed E-state index contributed by atoms with van der Waals surface area (Å²) in [4.78, 5) is 0. The van der Waals surface area contributed by atoms with Crippen LogP contribution in [0.2, 0.25) is 0 Å². The maximum absolute atomic E-state index is 10.2. The van der Waals surface area contributed by atoms with Crippen LogP contribution in [0.1, 0.15) is 55.9 Å². The summed E-state index contributed by atoms with van der Waals surface area (Å²) in [7, 11) is 0. The molecule has 1 rings (SSSR count). The van der Waals surface area contributed by atoms with Gasteiger partial charge >= 0.3 is 0 Å². The van der Waals surface area contributed by atoms with Crippen LogP contribution in [-0.4, -0.2) is 21.4 Å². The van der Waals surface area contributed by atoms with E-state index >= 15 is 0 Å². The molecule has 0 radical (unpaired) electrons. The number of phenolic OH excluding ortho intramolecular Hbond substituents is 1. The number of hydrogen-bond acceptors (Lipinski definition) is 3. The van der Waals surface area contributed by atoms with Gasteiger partial charge in [-0.2, -0.15) is 0 Å². The van der Waals surface area contributed by atoms with Gasteiger partial charge in [0.1, 0.15) is 5.75 Å². The van der Waals surface area contributed by atoms with Crippen LogP contribution in [-0.2, 0) is 0 Å². The average Bonchev–Trinajstić information content (AvgIpc) is 2.42. The molecular formula is C18H26O3. The van der Waals surface area contributed by atoms with E-state index in [9.17, 15) is 15.3 Å². The van der Waals surface area contributed by atoms with Crippen LogP contribution in [0.3, 0.4) is 0 Å². The Kier molecular flexibility index (Phi) is 6.70. The van der Waals surface area contributed by atoms with Crippen molar-refractivity contribution < 1.29 is 15.3 Å². The Morgan fingerprint density at radius 1 is 1.24 bits per heavy atom. The Bertz CT molecular complexity index is 514. The predicted octanol–water partition coefficient (Wildman–Crippen LogP) is 3.69. The van der Waals surface area contributed by atoms with E-state index in [-0.39, 0.29) is 11.9 Å². The monoisotopic (exact) mass is 290 g/mol. The first-order valence-corrected chi connectivity index (χ1v) is 7.44. The van der Waals surface area contributed by atoms with Gasteiger partial charge in [-0.3, -0.25) is 0 Å². The molecule has 0 fully saturated rings. The SMILES string of the molecule is CCC(=C=CC[C@@H](O)c1cc(C)c(O)c(C)c1)C[C@H](C)O. The fraction of sp³-hybridized carbons (Fsp3) is 0.500. The minimum Gasteiger partial charge on any atom is -0.507 e. The van der Waals surface area contributed by atoms with Crippen molar-refractivity contribution in [3.8, 4) is 5.75 Å². The zero-order valence-corrected chi connectivity index (χ0v) is 13.3. The topological polar surface area (TPSA) is 60.7 Å². The Labute approximate surface area is 127 Å². The number of benzene rings is 1. The van der Waals surface area contributed by atoms with Crippen molar-refractivity contribution in [1.29, 1.82) is 0 Å². The molecule has 1 aromatic carbocycles. The third-order valence-corrected chi connectivity index (χ3v) is 3.51. The highest BCUT2D eigenvalue weighted by Crippen LogP contribution is 2.27.